The zero-order valence-electron chi connectivity index (χ0n) is 10.3. The molecular formula is C10H20N4O3. The Balaban J connectivity index is 4.12. The summed E-state index contributed by atoms with van der Waals surface area (Å²) in [7, 11) is 0. The van der Waals surface area contributed by atoms with Crippen molar-refractivity contribution in [2.24, 2.45) is 5.73 Å². The number of nitrogens with two attached hydrogens (primary N) is 1. The third-order valence-electron chi connectivity index (χ3n) is 2.07. The van der Waals surface area contributed by atoms with Crippen LogP contribution in [0.15, 0.2) is 0 Å². The van der Waals surface area contributed by atoms with E-state index in [0.29, 0.717) is 13.1 Å². The van der Waals surface area contributed by atoms with Crippen molar-refractivity contribution < 1.29 is 14.4 Å². The number of hydrogen-bond donors (Lipinski definition) is 3. The number of likely N-dealkylation sites (N-methyl/N-ethyl adjacent to an activating group) is 2. The second-order valence-electron chi connectivity index (χ2n) is 3.34. The SMILES string of the molecule is CCNC(=O)CN(CC)C(=O)CNC(=O)CN. The van der Waals surface area contributed by atoms with E-state index in [-0.39, 0.29) is 31.4 Å². The molecule has 0 atom stereocenters. The molecule has 0 aromatic heterocycles. The Morgan fingerprint density at radius 1 is 1.12 bits per heavy atom. The van der Waals surface area contributed by atoms with E-state index in [1.165, 1.54) is 4.90 Å². The van der Waals surface area contributed by atoms with Gasteiger partial charge in [-0.05, 0) is 13.8 Å². The Kier molecular flexibility index (Phi) is 7.70. The van der Waals surface area contributed by atoms with Gasteiger partial charge in [-0.25, -0.2) is 0 Å². The summed E-state index contributed by atoms with van der Waals surface area (Å²) in [4.78, 5) is 35.2. The van der Waals surface area contributed by atoms with Gasteiger partial charge in [0, 0.05) is 13.1 Å². The molecule has 0 bridgehead atoms. The fourth-order valence-electron chi connectivity index (χ4n) is 1.16. The molecule has 0 unspecified atom stereocenters. The van der Waals surface area contributed by atoms with E-state index >= 15 is 0 Å². The monoisotopic (exact) mass is 244 g/mol. The van der Waals surface area contributed by atoms with Crippen LogP contribution in [0.4, 0.5) is 0 Å². The lowest BCUT2D eigenvalue weighted by atomic mass is 10.4. The van der Waals surface area contributed by atoms with E-state index in [2.05, 4.69) is 10.6 Å². The molecule has 0 spiro atoms. The van der Waals surface area contributed by atoms with Gasteiger partial charge in [0.2, 0.25) is 17.7 Å². The van der Waals surface area contributed by atoms with Crippen LogP contribution in [0.1, 0.15) is 13.8 Å². The summed E-state index contributed by atoms with van der Waals surface area (Å²) < 4.78 is 0. The fourth-order valence-corrected chi connectivity index (χ4v) is 1.16. The summed E-state index contributed by atoms with van der Waals surface area (Å²) in [5.41, 5.74) is 5.09. The van der Waals surface area contributed by atoms with Gasteiger partial charge >= 0.3 is 0 Å². The maximum atomic E-state index is 11.6. The predicted octanol–water partition coefficient (Wildman–Crippen LogP) is -1.95. The Labute approximate surface area is 101 Å². The minimum atomic E-state index is -0.396. The largest absolute Gasteiger partial charge is 0.355 e. The molecule has 98 valence electrons. The van der Waals surface area contributed by atoms with E-state index < -0.39 is 5.91 Å². The first-order valence-electron chi connectivity index (χ1n) is 5.56. The molecule has 0 heterocycles. The molecule has 17 heavy (non-hydrogen) atoms. The van der Waals surface area contributed by atoms with Crippen LogP contribution in [-0.2, 0) is 14.4 Å². The smallest absolute Gasteiger partial charge is 0.242 e. The molecule has 4 N–H and O–H groups in total. The molecule has 0 aromatic rings. The summed E-state index contributed by atoms with van der Waals surface area (Å²) in [5, 5.41) is 4.97. The highest BCUT2D eigenvalue weighted by Gasteiger charge is 2.15. The van der Waals surface area contributed by atoms with E-state index in [1.54, 1.807) is 13.8 Å². The summed E-state index contributed by atoms with van der Waals surface area (Å²) in [6.45, 7) is 4.21. The molecule has 0 rings (SSSR count). The number of carbonyl (C=O) groups excluding carboxylic acids is 3. The highest BCUT2D eigenvalue weighted by Crippen LogP contribution is 1.88. The van der Waals surface area contributed by atoms with Crippen molar-refractivity contribution in [3.05, 3.63) is 0 Å². The minimum Gasteiger partial charge on any atom is -0.355 e. The number of nitrogens with one attached hydrogen (secondary N) is 2. The van der Waals surface area contributed by atoms with Crippen molar-refractivity contribution in [1.82, 2.24) is 15.5 Å². The number of nitrogens with zero attached hydrogens (tertiary/aromatic N) is 1. The van der Waals surface area contributed by atoms with Gasteiger partial charge in [-0.2, -0.15) is 0 Å². The average Bonchev–Trinajstić information content (AvgIpc) is 2.32. The normalized spacial score (nSPS) is 9.59. The van der Waals surface area contributed by atoms with Gasteiger partial charge in [-0.15, -0.1) is 0 Å². The van der Waals surface area contributed by atoms with Crippen molar-refractivity contribution in [1.29, 1.82) is 0 Å². The molecule has 0 fully saturated rings. The van der Waals surface area contributed by atoms with Crippen LogP contribution < -0.4 is 16.4 Å². The van der Waals surface area contributed by atoms with E-state index in [4.69, 9.17) is 5.73 Å². The standard InChI is InChI=1S/C10H20N4O3/c1-3-12-9(16)7-14(4-2)10(17)6-13-8(15)5-11/h3-7,11H2,1-2H3,(H,12,16)(H,13,15). The van der Waals surface area contributed by atoms with Gasteiger partial charge in [0.05, 0.1) is 19.6 Å². The lowest BCUT2D eigenvalue weighted by Gasteiger charge is -2.20. The lowest BCUT2D eigenvalue weighted by molar-refractivity contribution is -0.136. The molecule has 0 aromatic carbocycles. The number of carbonyl (C=O) groups is 3. The fraction of sp³-hybridized carbons (Fsp3) is 0.700. The van der Waals surface area contributed by atoms with Crippen LogP contribution in [-0.4, -0.2) is 55.3 Å². The van der Waals surface area contributed by atoms with Crippen LogP contribution >= 0.6 is 0 Å². The average molecular weight is 244 g/mol. The first-order chi connectivity index (χ1) is 8.04. The van der Waals surface area contributed by atoms with E-state index in [1.807, 2.05) is 0 Å². The van der Waals surface area contributed by atoms with Gasteiger partial charge in [-0.3, -0.25) is 14.4 Å². The predicted molar refractivity (Wildman–Crippen MR) is 63.0 cm³/mol. The van der Waals surface area contributed by atoms with E-state index in [0.717, 1.165) is 0 Å². The quantitative estimate of drug-likeness (QED) is 0.484. The molecule has 7 nitrogen and oxygen atoms in total. The minimum absolute atomic E-state index is 0.00166. The maximum absolute atomic E-state index is 11.6. The second kappa shape index (κ2) is 8.51. The summed E-state index contributed by atoms with van der Waals surface area (Å²) in [6, 6.07) is 0. The zero-order chi connectivity index (χ0) is 13.3. The Hall–Kier alpha value is -1.63. The van der Waals surface area contributed by atoms with Crippen molar-refractivity contribution in [2.75, 3.05) is 32.7 Å². The third kappa shape index (κ3) is 6.52. The highest BCUT2D eigenvalue weighted by atomic mass is 16.2. The van der Waals surface area contributed by atoms with Crippen LogP contribution in [0.2, 0.25) is 0 Å². The van der Waals surface area contributed by atoms with Crippen molar-refractivity contribution in [3.8, 4) is 0 Å². The molecule has 0 saturated heterocycles. The molecule has 0 radical (unpaired) electrons. The van der Waals surface area contributed by atoms with E-state index in [9.17, 15) is 14.4 Å². The molecular weight excluding hydrogens is 224 g/mol. The number of amides is 3. The Morgan fingerprint density at radius 3 is 2.24 bits per heavy atom. The second-order valence-corrected chi connectivity index (χ2v) is 3.34. The van der Waals surface area contributed by atoms with Gasteiger partial charge in [0.1, 0.15) is 0 Å². The third-order valence-corrected chi connectivity index (χ3v) is 2.07. The first kappa shape index (κ1) is 15.4. The highest BCUT2D eigenvalue weighted by molar-refractivity contribution is 5.88. The molecule has 3 amide bonds. The van der Waals surface area contributed by atoms with Crippen molar-refractivity contribution in [3.63, 3.8) is 0 Å². The van der Waals surface area contributed by atoms with Crippen LogP contribution in [0, 0.1) is 0 Å². The topological polar surface area (TPSA) is 105 Å². The van der Waals surface area contributed by atoms with Crippen LogP contribution in [0.3, 0.4) is 0 Å². The number of rotatable bonds is 7. The molecule has 0 saturated carbocycles. The molecule has 7 heteroatoms. The summed E-state index contributed by atoms with van der Waals surface area (Å²) in [6.07, 6.45) is 0. The first-order valence-corrected chi connectivity index (χ1v) is 5.56. The summed E-state index contributed by atoms with van der Waals surface area (Å²) in [5.74, 6) is -0.916. The molecule has 0 aliphatic heterocycles. The van der Waals surface area contributed by atoms with Crippen LogP contribution in [0.25, 0.3) is 0 Å². The van der Waals surface area contributed by atoms with Gasteiger partial charge in [-0.1, -0.05) is 0 Å². The van der Waals surface area contributed by atoms with Crippen LogP contribution in [0.5, 0.6) is 0 Å². The Morgan fingerprint density at radius 2 is 1.76 bits per heavy atom. The molecule has 0 aliphatic rings. The zero-order valence-corrected chi connectivity index (χ0v) is 10.3. The van der Waals surface area contributed by atoms with Gasteiger partial charge in [0.15, 0.2) is 0 Å². The van der Waals surface area contributed by atoms with Gasteiger partial charge < -0.3 is 21.3 Å². The summed E-state index contributed by atoms with van der Waals surface area (Å²) >= 11 is 0. The van der Waals surface area contributed by atoms with Gasteiger partial charge in [0.25, 0.3) is 0 Å². The van der Waals surface area contributed by atoms with Crippen molar-refractivity contribution in [2.45, 2.75) is 13.8 Å². The Bertz CT molecular complexity index is 281. The maximum Gasteiger partial charge on any atom is 0.242 e. The lowest BCUT2D eigenvalue weighted by Crippen LogP contribution is -2.45. The number of hydrogen-bond acceptors (Lipinski definition) is 4. The van der Waals surface area contributed by atoms with Crippen molar-refractivity contribution >= 4 is 17.7 Å². The molecule has 0 aliphatic carbocycles.